The SMILES string of the molecule is CCc1c(Cl)ncnc1N1CCN(C)CC1C. The van der Waals surface area contributed by atoms with Crippen molar-refractivity contribution in [2.75, 3.05) is 31.6 Å². The van der Waals surface area contributed by atoms with Crippen LogP contribution in [0.5, 0.6) is 0 Å². The second kappa shape index (κ2) is 5.19. The first kappa shape index (κ1) is 12.6. The molecule has 1 aliphatic heterocycles. The molecule has 4 nitrogen and oxygen atoms in total. The van der Waals surface area contributed by atoms with E-state index in [2.05, 4.69) is 40.7 Å². The van der Waals surface area contributed by atoms with Crippen molar-refractivity contribution in [2.24, 2.45) is 0 Å². The van der Waals surface area contributed by atoms with Gasteiger partial charge < -0.3 is 9.80 Å². The summed E-state index contributed by atoms with van der Waals surface area (Å²) in [7, 11) is 2.15. The number of halogens is 1. The Morgan fingerprint density at radius 1 is 1.41 bits per heavy atom. The zero-order chi connectivity index (χ0) is 12.4. The highest BCUT2D eigenvalue weighted by Gasteiger charge is 2.25. The van der Waals surface area contributed by atoms with Crippen molar-refractivity contribution in [3.05, 3.63) is 17.0 Å². The highest BCUT2D eigenvalue weighted by Crippen LogP contribution is 2.26. The summed E-state index contributed by atoms with van der Waals surface area (Å²) in [5.74, 6) is 1.01. The molecule has 94 valence electrons. The summed E-state index contributed by atoms with van der Waals surface area (Å²) in [4.78, 5) is 13.2. The van der Waals surface area contributed by atoms with Crippen molar-refractivity contribution < 1.29 is 0 Å². The number of hydrogen-bond donors (Lipinski definition) is 0. The molecule has 1 saturated heterocycles. The fourth-order valence-corrected chi connectivity index (χ4v) is 2.65. The van der Waals surface area contributed by atoms with Gasteiger partial charge in [-0.3, -0.25) is 0 Å². The molecule has 0 spiro atoms. The van der Waals surface area contributed by atoms with Crippen LogP contribution in [0, 0.1) is 0 Å². The Bertz CT molecular complexity index is 396. The summed E-state index contributed by atoms with van der Waals surface area (Å²) in [6, 6.07) is 0.463. The van der Waals surface area contributed by atoms with Crippen molar-refractivity contribution in [1.29, 1.82) is 0 Å². The molecular formula is C12H19ClN4. The van der Waals surface area contributed by atoms with Gasteiger partial charge in [-0.25, -0.2) is 9.97 Å². The first-order chi connectivity index (χ1) is 8.13. The molecule has 0 aliphatic carbocycles. The Labute approximate surface area is 108 Å². The third kappa shape index (κ3) is 2.53. The topological polar surface area (TPSA) is 32.3 Å². The summed E-state index contributed by atoms with van der Waals surface area (Å²) in [5, 5.41) is 0.587. The largest absolute Gasteiger partial charge is 0.351 e. The molecule has 2 rings (SSSR count). The number of nitrogens with zero attached hydrogens (tertiary/aromatic N) is 4. The van der Waals surface area contributed by atoms with Gasteiger partial charge in [0.25, 0.3) is 0 Å². The summed E-state index contributed by atoms with van der Waals surface area (Å²) < 4.78 is 0. The van der Waals surface area contributed by atoms with Crippen LogP contribution < -0.4 is 4.90 Å². The number of anilines is 1. The third-order valence-corrected chi connectivity index (χ3v) is 3.65. The maximum Gasteiger partial charge on any atom is 0.137 e. The highest BCUT2D eigenvalue weighted by atomic mass is 35.5. The van der Waals surface area contributed by atoms with Crippen LogP contribution >= 0.6 is 11.6 Å². The van der Waals surface area contributed by atoms with Crippen LogP contribution in [-0.2, 0) is 6.42 Å². The van der Waals surface area contributed by atoms with E-state index in [-0.39, 0.29) is 0 Å². The maximum atomic E-state index is 6.14. The van der Waals surface area contributed by atoms with Crippen LogP contribution in [0.4, 0.5) is 5.82 Å². The Balaban J connectivity index is 2.30. The first-order valence-electron chi connectivity index (χ1n) is 6.08. The van der Waals surface area contributed by atoms with Crippen molar-refractivity contribution in [1.82, 2.24) is 14.9 Å². The fraction of sp³-hybridized carbons (Fsp3) is 0.667. The predicted molar refractivity (Wildman–Crippen MR) is 70.7 cm³/mol. The normalized spacial score (nSPS) is 21.9. The zero-order valence-electron chi connectivity index (χ0n) is 10.6. The Morgan fingerprint density at radius 2 is 2.18 bits per heavy atom. The van der Waals surface area contributed by atoms with Gasteiger partial charge >= 0.3 is 0 Å². The molecule has 0 N–H and O–H groups in total. The van der Waals surface area contributed by atoms with Crippen molar-refractivity contribution in [3.63, 3.8) is 0 Å². The van der Waals surface area contributed by atoms with Gasteiger partial charge in [-0.05, 0) is 20.4 Å². The van der Waals surface area contributed by atoms with E-state index in [1.807, 2.05) is 0 Å². The molecule has 0 saturated carbocycles. The molecule has 0 amide bonds. The van der Waals surface area contributed by atoms with E-state index >= 15 is 0 Å². The Morgan fingerprint density at radius 3 is 2.82 bits per heavy atom. The quantitative estimate of drug-likeness (QED) is 0.754. The molecule has 1 aromatic rings. The molecule has 0 bridgehead atoms. The van der Waals surface area contributed by atoms with Crippen LogP contribution in [0.1, 0.15) is 19.4 Å². The molecule has 17 heavy (non-hydrogen) atoms. The first-order valence-corrected chi connectivity index (χ1v) is 6.45. The van der Waals surface area contributed by atoms with Gasteiger partial charge in [0, 0.05) is 31.2 Å². The third-order valence-electron chi connectivity index (χ3n) is 3.33. The Hall–Kier alpha value is -0.870. The molecule has 2 heterocycles. The van der Waals surface area contributed by atoms with Crippen LogP contribution in [0.3, 0.4) is 0 Å². The highest BCUT2D eigenvalue weighted by molar-refractivity contribution is 6.30. The molecule has 1 atom stereocenters. The van der Waals surface area contributed by atoms with Crippen LogP contribution in [0.15, 0.2) is 6.33 Å². The standard InChI is InChI=1S/C12H19ClN4/c1-4-10-11(13)14-8-15-12(10)17-6-5-16(3)7-9(17)2/h8-9H,4-7H2,1-3H3. The lowest BCUT2D eigenvalue weighted by Crippen LogP contribution is -2.51. The zero-order valence-corrected chi connectivity index (χ0v) is 11.4. The van der Waals surface area contributed by atoms with Gasteiger partial charge in [0.15, 0.2) is 0 Å². The molecule has 0 radical (unpaired) electrons. The van der Waals surface area contributed by atoms with E-state index in [9.17, 15) is 0 Å². The van der Waals surface area contributed by atoms with E-state index in [1.165, 1.54) is 0 Å². The second-order valence-corrected chi connectivity index (χ2v) is 4.98. The molecule has 0 aromatic carbocycles. The van der Waals surface area contributed by atoms with E-state index in [4.69, 9.17) is 11.6 Å². The Kier molecular flexibility index (Phi) is 3.84. The summed E-state index contributed by atoms with van der Waals surface area (Å²) in [5.41, 5.74) is 1.06. The van der Waals surface area contributed by atoms with Crippen molar-refractivity contribution in [2.45, 2.75) is 26.3 Å². The molecule has 5 heteroatoms. The van der Waals surface area contributed by atoms with Gasteiger partial charge in [0.1, 0.15) is 17.3 Å². The number of rotatable bonds is 2. The predicted octanol–water partition coefficient (Wildman–Crippen LogP) is 1.83. The maximum absolute atomic E-state index is 6.14. The summed E-state index contributed by atoms with van der Waals surface area (Å²) in [6.07, 6.45) is 2.43. The summed E-state index contributed by atoms with van der Waals surface area (Å²) in [6.45, 7) is 7.44. The van der Waals surface area contributed by atoms with Crippen molar-refractivity contribution in [3.8, 4) is 0 Å². The van der Waals surface area contributed by atoms with E-state index < -0.39 is 0 Å². The minimum atomic E-state index is 0.463. The molecular weight excluding hydrogens is 236 g/mol. The molecule has 1 aromatic heterocycles. The number of likely N-dealkylation sites (N-methyl/N-ethyl adjacent to an activating group) is 1. The molecule has 1 fully saturated rings. The molecule has 1 unspecified atom stereocenters. The van der Waals surface area contributed by atoms with Gasteiger partial charge in [0.2, 0.25) is 0 Å². The van der Waals surface area contributed by atoms with Crippen molar-refractivity contribution >= 4 is 17.4 Å². The average Bonchev–Trinajstić information content (AvgIpc) is 2.29. The second-order valence-electron chi connectivity index (χ2n) is 4.62. The lowest BCUT2D eigenvalue weighted by molar-refractivity contribution is 0.274. The smallest absolute Gasteiger partial charge is 0.137 e. The van der Waals surface area contributed by atoms with Crippen LogP contribution in [0.2, 0.25) is 5.15 Å². The van der Waals surface area contributed by atoms with Crippen LogP contribution in [0.25, 0.3) is 0 Å². The van der Waals surface area contributed by atoms with E-state index in [0.717, 1.165) is 37.4 Å². The fourth-order valence-electron chi connectivity index (χ4n) is 2.39. The minimum Gasteiger partial charge on any atom is -0.351 e. The number of aromatic nitrogens is 2. The number of hydrogen-bond acceptors (Lipinski definition) is 4. The van der Waals surface area contributed by atoms with Gasteiger partial charge in [-0.1, -0.05) is 18.5 Å². The minimum absolute atomic E-state index is 0.463. The lowest BCUT2D eigenvalue weighted by atomic mass is 10.1. The van der Waals surface area contributed by atoms with Gasteiger partial charge in [-0.15, -0.1) is 0 Å². The van der Waals surface area contributed by atoms with E-state index in [1.54, 1.807) is 6.33 Å². The average molecular weight is 255 g/mol. The number of piperazine rings is 1. The summed E-state index contributed by atoms with van der Waals surface area (Å²) >= 11 is 6.14. The van der Waals surface area contributed by atoms with E-state index in [0.29, 0.717) is 11.2 Å². The monoisotopic (exact) mass is 254 g/mol. The molecule has 1 aliphatic rings. The van der Waals surface area contributed by atoms with Gasteiger partial charge in [0.05, 0.1) is 0 Å². The van der Waals surface area contributed by atoms with Gasteiger partial charge in [-0.2, -0.15) is 0 Å². The van der Waals surface area contributed by atoms with Crippen LogP contribution in [-0.4, -0.2) is 47.6 Å². The lowest BCUT2D eigenvalue weighted by Gasteiger charge is -2.39.